The Kier molecular flexibility index (Phi) is 9.98. The number of ether oxygens (including phenoxy) is 1. The molecule has 0 aliphatic carbocycles. The topological polar surface area (TPSA) is 21.3 Å². The highest BCUT2D eigenvalue weighted by atomic mass is 79.9. The molecule has 1 aromatic carbocycles. The van der Waals surface area contributed by atoms with E-state index in [9.17, 15) is 0 Å². The Morgan fingerprint density at radius 2 is 1.95 bits per heavy atom. The Morgan fingerprint density at radius 3 is 2.62 bits per heavy atom. The zero-order chi connectivity index (χ0) is 15.5. The lowest BCUT2D eigenvalue weighted by molar-refractivity contribution is 0.116. The molecule has 0 spiro atoms. The van der Waals surface area contributed by atoms with Crippen LogP contribution in [0.25, 0.3) is 0 Å². The van der Waals surface area contributed by atoms with Gasteiger partial charge >= 0.3 is 0 Å². The number of rotatable bonds is 11. The van der Waals surface area contributed by atoms with Crippen molar-refractivity contribution in [3.63, 3.8) is 0 Å². The summed E-state index contributed by atoms with van der Waals surface area (Å²) in [4.78, 5) is 0. The first kappa shape index (κ1) is 18.7. The van der Waals surface area contributed by atoms with Gasteiger partial charge in [0.05, 0.1) is 0 Å². The van der Waals surface area contributed by atoms with E-state index < -0.39 is 0 Å². The van der Waals surface area contributed by atoms with Crippen molar-refractivity contribution >= 4 is 15.9 Å². The number of hydrogen-bond acceptors (Lipinski definition) is 2. The van der Waals surface area contributed by atoms with Crippen LogP contribution in [-0.2, 0) is 4.74 Å². The van der Waals surface area contributed by atoms with Crippen LogP contribution in [0.1, 0.15) is 51.5 Å². The van der Waals surface area contributed by atoms with E-state index in [1.807, 2.05) is 0 Å². The van der Waals surface area contributed by atoms with Crippen LogP contribution in [0.5, 0.6) is 0 Å². The van der Waals surface area contributed by atoms with E-state index in [2.05, 4.69) is 66.3 Å². The predicted octanol–water partition coefficient (Wildman–Crippen LogP) is 4.99. The quantitative estimate of drug-likeness (QED) is 0.564. The molecule has 1 unspecified atom stereocenters. The molecule has 0 aliphatic heterocycles. The van der Waals surface area contributed by atoms with Gasteiger partial charge in [0.25, 0.3) is 0 Å². The highest BCUT2D eigenvalue weighted by Crippen LogP contribution is 2.22. The Hall–Kier alpha value is -0.380. The minimum Gasteiger partial charge on any atom is -0.381 e. The summed E-state index contributed by atoms with van der Waals surface area (Å²) < 4.78 is 6.95. The minimum atomic E-state index is 0.521. The molecule has 1 aromatic rings. The molecule has 3 heteroatoms. The van der Waals surface area contributed by atoms with Gasteiger partial charge in [-0.3, -0.25) is 0 Å². The molecule has 0 fully saturated rings. The number of hydrogen-bond donors (Lipinski definition) is 1. The van der Waals surface area contributed by atoms with Crippen molar-refractivity contribution < 1.29 is 4.74 Å². The molecule has 1 atom stereocenters. The van der Waals surface area contributed by atoms with Crippen LogP contribution in [0, 0.1) is 5.92 Å². The van der Waals surface area contributed by atoms with Gasteiger partial charge in [0.1, 0.15) is 0 Å². The lowest BCUT2D eigenvalue weighted by Crippen LogP contribution is -2.23. The molecule has 0 aliphatic rings. The normalized spacial score (nSPS) is 12.8. The maximum atomic E-state index is 5.79. The second-order valence-electron chi connectivity index (χ2n) is 6.04. The van der Waals surface area contributed by atoms with Gasteiger partial charge in [0.2, 0.25) is 0 Å². The van der Waals surface area contributed by atoms with E-state index in [1.54, 1.807) is 0 Å². The van der Waals surface area contributed by atoms with E-state index in [0.717, 1.165) is 49.5 Å². The Morgan fingerprint density at radius 1 is 1.19 bits per heavy atom. The van der Waals surface area contributed by atoms with Crippen LogP contribution >= 0.6 is 15.9 Å². The van der Waals surface area contributed by atoms with Gasteiger partial charge in [0, 0.05) is 24.2 Å². The summed E-state index contributed by atoms with van der Waals surface area (Å²) in [5.74, 6) is 1.24. The molecule has 0 radical (unpaired) electrons. The van der Waals surface area contributed by atoms with Crippen LogP contribution < -0.4 is 5.32 Å². The molecular formula is C18H30BrNO. The van der Waals surface area contributed by atoms with E-state index in [-0.39, 0.29) is 0 Å². The summed E-state index contributed by atoms with van der Waals surface area (Å²) in [6, 6.07) is 8.65. The molecule has 0 amide bonds. The standard InChI is InChI=1S/C18H30BrNO/c1-4-10-20-14-17(9-12-21-11-8-15(2)3)16-6-5-7-18(19)13-16/h5-7,13,15,17,20H,4,8-12,14H2,1-3H3. The van der Waals surface area contributed by atoms with Crippen molar-refractivity contribution in [2.24, 2.45) is 5.92 Å². The van der Waals surface area contributed by atoms with Crippen molar-refractivity contribution in [2.45, 2.75) is 46.0 Å². The molecule has 0 aromatic heterocycles. The Labute approximate surface area is 138 Å². The second-order valence-corrected chi connectivity index (χ2v) is 6.96. The third kappa shape index (κ3) is 8.60. The van der Waals surface area contributed by atoms with Gasteiger partial charge in [0.15, 0.2) is 0 Å². The highest BCUT2D eigenvalue weighted by molar-refractivity contribution is 9.10. The lowest BCUT2D eigenvalue weighted by Gasteiger charge is -2.19. The van der Waals surface area contributed by atoms with Gasteiger partial charge < -0.3 is 10.1 Å². The summed E-state index contributed by atoms with van der Waals surface area (Å²) >= 11 is 3.57. The fourth-order valence-corrected chi connectivity index (χ4v) is 2.66. The van der Waals surface area contributed by atoms with E-state index in [1.165, 1.54) is 12.0 Å². The third-order valence-corrected chi connectivity index (χ3v) is 4.08. The summed E-state index contributed by atoms with van der Waals surface area (Å²) in [7, 11) is 0. The molecular weight excluding hydrogens is 326 g/mol. The Bertz CT molecular complexity index is 381. The van der Waals surface area contributed by atoms with Crippen molar-refractivity contribution in [2.75, 3.05) is 26.3 Å². The molecule has 0 saturated carbocycles. The van der Waals surface area contributed by atoms with Crippen molar-refractivity contribution in [3.05, 3.63) is 34.3 Å². The first-order chi connectivity index (χ1) is 10.1. The first-order valence-electron chi connectivity index (χ1n) is 8.17. The fraction of sp³-hybridized carbons (Fsp3) is 0.667. The number of halogens is 1. The average Bonchev–Trinajstić information content (AvgIpc) is 2.45. The van der Waals surface area contributed by atoms with Crippen molar-refractivity contribution in [1.29, 1.82) is 0 Å². The van der Waals surface area contributed by atoms with Crippen LogP contribution in [0.2, 0.25) is 0 Å². The zero-order valence-electron chi connectivity index (χ0n) is 13.7. The van der Waals surface area contributed by atoms with Gasteiger partial charge in [-0.2, -0.15) is 0 Å². The van der Waals surface area contributed by atoms with Crippen LogP contribution in [-0.4, -0.2) is 26.3 Å². The van der Waals surface area contributed by atoms with Gasteiger partial charge in [-0.15, -0.1) is 0 Å². The second kappa shape index (κ2) is 11.2. The summed E-state index contributed by atoms with van der Waals surface area (Å²) in [5.41, 5.74) is 1.39. The predicted molar refractivity (Wildman–Crippen MR) is 94.9 cm³/mol. The molecule has 0 saturated heterocycles. The monoisotopic (exact) mass is 355 g/mol. The van der Waals surface area contributed by atoms with E-state index >= 15 is 0 Å². The minimum absolute atomic E-state index is 0.521. The fourth-order valence-electron chi connectivity index (χ4n) is 2.25. The van der Waals surface area contributed by atoms with Crippen LogP contribution in [0.3, 0.4) is 0 Å². The van der Waals surface area contributed by atoms with Crippen LogP contribution in [0.15, 0.2) is 28.7 Å². The molecule has 120 valence electrons. The maximum Gasteiger partial charge on any atom is 0.0472 e. The van der Waals surface area contributed by atoms with Crippen molar-refractivity contribution in [1.82, 2.24) is 5.32 Å². The molecule has 0 bridgehead atoms. The molecule has 21 heavy (non-hydrogen) atoms. The summed E-state index contributed by atoms with van der Waals surface area (Å²) in [6.07, 6.45) is 3.40. The zero-order valence-corrected chi connectivity index (χ0v) is 15.3. The third-order valence-electron chi connectivity index (χ3n) is 3.59. The maximum absolute atomic E-state index is 5.79. The van der Waals surface area contributed by atoms with Gasteiger partial charge in [-0.25, -0.2) is 0 Å². The van der Waals surface area contributed by atoms with E-state index in [0.29, 0.717) is 5.92 Å². The first-order valence-corrected chi connectivity index (χ1v) is 8.96. The van der Waals surface area contributed by atoms with Crippen molar-refractivity contribution in [3.8, 4) is 0 Å². The number of nitrogens with one attached hydrogen (secondary N) is 1. The molecule has 0 heterocycles. The van der Waals surface area contributed by atoms with Gasteiger partial charge in [-0.1, -0.05) is 48.8 Å². The lowest BCUT2D eigenvalue weighted by atomic mass is 9.96. The van der Waals surface area contributed by atoms with Gasteiger partial charge in [-0.05, 0) is 55.3 Å². The average molecular weight is 356 g/mol. The molecule has 1 rings (SSSR count). The van der Waals surface area contributed by atoms with E-state index in [4.69, 9.17) is 4.74 Å². The Balaban J connectivity index is 2.44. The largest absolute Gasteiger partial charge is 0.381 e. The summed E-state index contributed by atoms with van der Waals surface area (Å²) in [5, 5.41) is 3.54. The highest BCUT2D eigenvalue weighted by Gasteiger charge is 2.11. The SMILES string of the molecule is CCCNCC(CCOCCC(C)C)c1cccc(Br)c1. The van der Waals surface area contributed by atoms with Crippen LogP contribution in [0.4, 0.5) is 0 Å². The number of benzene rings is 1. The molecule has 2 nitrogen and oxygen atoms in total. The molecule has 1 N–H and O–H groups in total. The summed E-state index contributed by atoms with van der Waals surface area (Å²) in [6.45, 7) is 10.5. The smallest absolute Gasteiger partial charge is 0.0472 e.